The standard InChI is InChI=1S/C14H22N2O4S/c1-14(2,3)20-13(18)15-6-8-21-10-12(17)16-9-11-5-4-7-19-11/h4-5,7H,6,8-10H2,1-3H3,(H,15,18)(H,16,17). The molecule has 7 heteroatoms. The Balaban J connectivity index is 2.01. The van der Waals surface area contributed by atoms with Crippen molar-refractivity contribution in [1.29, 1.82) is 0 Å². The Kier molecular flexibility index (Phi) is 7.14. The molecule has 0 atom stereocenters. The molecule has 2 amide bonds. The maximum absolute atomic E-state index is 11.5. The lowest BCUT2D eigenvalue weighted by Crippen LogP contribution is -2.33. The highest BCUT2D eigenvalue weighted by Crippen LogP contribution is 2.06. The van der Waals surface area contributed by atoms with Crippen molar-refractivity contribution in [2.24, 2.45) is 0 Å². The molecule has 0 aliphatic carbocycles. The number of carbonyl (C=O) groups is 2. The number of hydrogen-bond donors (Lipinski definition) is 2. The summed E-state index contributed by atoms with van der Waals surface area (Å²) in [5.41, 5.74) is -0.497. The van der Waals surface area contributed by atoms with Gasteiger partial charge in [-0.05, 0) is 32.9 Å². The number of amides is 2. The zero-order valence-corrected chi connectivity index (χ0v) is 13.4. The maximum Gasteiger partial charge on any atom is 0.407 e. The molecule has 21 heavy (non-hydrogen) atoms. The summed E-state index contributed by atoms with van der Waals surface area (Å²) in [5.74, 6) is 1.65. The Morgan fingerprint density at radius 1 is 1.33 bits per heavy atom. The first-order valence-corrected chi connectivity index (χ1v) is 7.86. The summed E-state index contributed by atoms with van der Waals surface area (Å²) in [6, 6.07) is 3.58. The summed E-state index contributed by atoms with van der Waals surface area (Å²) in [5, 5.41) is 5.39. The normalized spacial score (nSPS) is 11.0. The molecule has 6 nitrogen and oxygen atoms in total. The summed E-state index contributed by atoms with van der Waals surface area (Å²) >= 11 is 1.45. The van der Waals surface area contributed by atoms with Crippen LogP contribution in [0.4, 0.5) is 4.79 Å². The average Bonchev–Trinajstić information content (AvgIpc) is 2.86. The maximum atomic E-state index is 11.5. The zero-order valence-electron chi connectivity index (χ0n) is 12.6. The van der Waals surface area contributed by atoms with E-state index in [2.05, 4.69) is 10.6 Å². The van der Waals surface area contributed by atoms with Gasteiger partial charge in [0.1, 0.15) is 11.4 Å². The predicted molar refractivity (Wildman–Crippen MR) is 82.1 cm³/mol. The third-order valence-electron chi connectivity index (χ3n) is 2.19. The average molecular weight is 314 g/mol. The van der Waals surface area contributed by atoms with Gasteiger partial charge in [0.05, 0.1) is 18.6 Å². The summed E-state index contributed by atoms with van der Waals surface area (Å²) < 4.78 is 10.2. The highest BCUT2D eigenvalue weighted by molar-refractivity contribution is 7.99. The summed E-state index contributed by atoms with van der Waals surface area (Å²) in [7, 11) is 0. The van der Waals surface area contributed by atoms with Gasteiger partial charge in [-0.15, -0.1) is 0 Å². The number of thioether (sulfide) groups is 1. The lowest BCUT2D eigenvalue weighted by Gasteiger charge is -2.19. The number of nitrogens with one attached hydrogen (secondary N) is 2. The fraction of sp³-hybridized carbons (Fsp3) is 0.571. The molecule has 0 aliphatic heterocycles. The van der Waals surface area contributed by atoms with Crippen LogP contribution in [-0.4, -0.2) is 35.7 Å². The van der Waals surface area contributed by atoms with Crippen LogP contribution in [0, 0.1) is 0 Å². The number of alkyl carbamates (subject to hydrolysis) is 1. The molecule has 0 spiro atoms. The molecule has 0 bridgehead atoms. The topological polar surface area (TPSA) is 80.6 Å². The van der Waals surface area contributed by atoms with Crippen LogP contribution >= 0.6 is 11.8 Å². The second-order valence-corrected chi connectivity index (χ2v) is 6.44. The van der Waals surface area contributed by atoms with Crippen molar-refractivity contribution in [1.82, 2.24) is 10.6 Å². The van der Waals surface area contributed by atoms with Gasteiger partial charge in [0.2, 0.25) is 5.91 Å². The van der Waals surface area contributed by atoms with Crippen LogP contribution in [0.15, 0.2) is 22.8 Å². The van der Waals surface area contributed by atoms with E-state index in [4.69, 9.17) is 9.15 Å². The van der Waals surface area contributed by atoms with Gasteiger partial charge in [-0.2, -0.15) is 11.8 Å². The van der Waals surface area contributed by atoms with Gasteiger partial charge in [-0.1, -0.05) is 0 Å². The number of carbonyl (C=O) groups excluding carboxylic acids is 2. The van der Waals surface area contributed by atoms with Crippen LogP contribution in [0.5, 0.6) is 0 Å². The van der Waals surface area contributed by atoms with Crippen molar-refractivity contribution in [2.75, 3.05) is 18.1 Å². The fourth-order valence-electron chi connectivity index (χ4n) is 1.35. The third kappa shape index (κ3) is 9.01. The van der Waals surface area contributed by atoms with Gasteiger partial charge in [-0.25, -0.2) is 4.79 Å². The van der Waals surface area contributed by atoms with Gasteiger partial charge in [-0.3, -0.25) is 4.79 Å². The number of ether oxygens (including phenoxy) is 1. The number of rotatable bonds is 7. The Hall–Kier alpha value is -1.63. The van der Waals surface area contributed by atoms with Gasteiger partial charge in [0, 0.05) is 12.3 Å². The minimum absolute atomic E-state index is 0.0614. The Bertz CT molecular complexity index is 440. The van der Waals surface area contributed by atoms with Crippen molar-refractivity contribution in [3.05, 3.63) is 24.2 Å². The number of hydrogen-bond acceptors (Lipinski definition) is 5. The molecule has 0 saturated carbocycles. The molecule has 0 radical (unpaired) electrons. The second-order valence-electron chi connectivity index (χ2n) is 5.34. The highest BCUT2D eigenvalue weighted by atomic mass is 32.2. The van der Waals surface area contributed by atoms with Crippen molar-refractivity contribution in [3.63, 3.8) is 0 Å². The SMILES string of the molecule is CC(C)(C)OC(=O)NCCSCC(=O)NCc1ccco1. The first-order chi connectivity index (χ1) is 9.87. The van der Waals surface area contributed by atoms with Gasteiger partial charge < -0.3 is 19.8 Å². The number of furan rings is 1. The molecule has 0 fully saturated rings. The molecular weight excluding hydrogens is 292 g/mol. The smallest absolute Gasteiger partial charge is 0.407 e. The summed E-state index contributed by atoms with van der Waals surface area (Å²) in [4.78, 5) is 22.9. The minimum Gasteiger partial charge on any atom is -0.467 e. The molecule has 1 aromatic rings. The zero-order chi connectivity index (χ0) is 15.7. The highest BCUT2D eigenvalue weighted by Gasteiger charge is 2.15. The quantitative estimate of drug-likeness (QED) is 0.754. The van der Waals surface area contributed by atoms with Gasteiger partial charge in [0.25, 0.3) is 0 Å². The molecule has 0 aliphatic rings. The molecule has 1 aromatic heterocycles. The Labute approximate surface area is 129 Å². The van der Waals surface area contributed by atoms with Crippen molar-refractivity contribution < 1.29 is 18.7 Å². The third-order valence-corrected chi connectivity index (χ3v) is 3.15. The second kappa shape index (κ2) is 8.61. The lowest BCUT2D eigenvalue weighted by atomic mass is 10.2. The van der Waals surface area contributed by atoms with Crippen molar-refractivity contribution >= 4 is 23.8 Å². The van der Waals surface area contributed by atoms with Gasteiger partial charge in [0.15, 0.2) is 0 Å². The van der Waals surface area contributed by atoms with Crippen LogP contribution in [-0.2, 0) is 16.1 Å². The van der Waals surface area contributed by atoms with E-state index in [9.17, 15) is 9.59 Å². The predicted octanol–water partition coefficient (Wildman–Crippen LogP) is 2.15. The van der Waals surface area contributed by atoms with E-state index in [1.54, 1.807) is 18.4 Å². The van der Waals surface area contributed by atoms with E-state index < -0.39 is 11.7 Å². The lowest BCUT2D eigenvalue weighted by molar-refractivity contribution is -0.118. The summed E-state index contributed by atoms with van der Waals surface area (Å²) in [6.07, 6.45) is 1.13. The van der Waals surface area contributed by atoms with Crippen LogP contribution in [0.2, 0.25) is 0 Å². The molecule has 118 valence electrons. The largest absolute Gasteiger partial charge is 0.467 e. The van der Waals surface area contributed by atoms with Crippen LogP contribution in [0.3, 0.4) is 0 Å². The van der Waals surface area contributed by atoms with Crippen molar-refractivity contribution in [2.45, 2.75) is 32.9 Å². The van der Waals surface area contributed by atoms with E-state index in [1.165, 1.54) is 11.8 Å². The fourth-order valence-corrected chi connectivity index (χ4v) is 2.03. The molecule has 1 rings (SSSR count). The van der Waals surface area contributed by atoms with Gasteiger partial charge >= 0.3 is 6.09 Å². The molecule has 1 heterocycles. The first kappa shape index (κ1) is 17.4. The Morgan fingerprint density at radius 2 is 2.10 bits per heavy atom. The monoisotopic (exact) mass is 314 g/mol. The molecule has 2 N–H and O–H groups in total. The first-order valence-electron chi connectivity index (χ1n) is 6.70. The van der Waals surface area contributed by atoms with Crippen LogP contribution in [0.25, 0.3) is 0 Å². The van der Waals surface area contributed by atoms with E-state index in [0.717, 1.165) is 5.76 Å². The van der Waals surface area contributed by atoms with E-state index in [0.29, 0.717) is 24.6 Å². The molecule has 0 unspecified atom stereocenters. The minimum atomic E-state index is -0.497. The van der Waals surface area contributed by atoms with E-state index >= 15 is 0 Å². The van der Waals surface area contributed by atoms with Crippen LogP contribution < -0.4 is 10.6 Å². The molecule has 0 aromatic carbocycles. The summed E-state index contributed by atoms with van der Waals surface area (Å²) in [6.45, 7) is 6.29. The van der Waals surface area contributed by atoms with E-state index in [-0.39, 0.29) is 5.91 Å². The molecule has 0 saturated heterocycles. The van der Waals surface area contributed by atoms with Crippen molar-refractivity contribution in [3.8, 4) is 0 Å². The van der Waals surface area contributed by atoms with E-state index in [1.807, 2.05) is 20.8 Å². The van der Waals surface area contributed by atoms with Crippen LogP contribution in [0.1, 0.15) is 26.5 Å². The Morgan fingerprint density at radius 3 is 2.71 bits per heavy atom. The molecular formula is C14H22N2O4S.